The van der Waals surface area contributed by atoms with Crippen LogP contribution in [-0.4, -0.2) is 16.8 Å². The average Bonchev–Trinajstić information content (AvgIpc) is 3.07. The SMILES string of the molecule is CCC(=O)Nc1nc2ccc(CCC(=O)NCc3ccc(F)cc3)cc2s1. The number of nitrogens with zero attached hydrogens (tertiary/aromatic N) is 1. The van der Waals surface area contributed by atoms with E-state index in [1.165, 1.54) is 23.5 Å². The molecule has 2 aromatic carbocycles. The van der Waals surface area contributed by atoms with Gasteiger partial charge in [0.1, 0.15) is 5.82 Å². The van der Waals surface area contributed by atoms with Gasteiger partial charge in [-0.05, 0) is 41.8 Å². The number of anilines is 1. The maximum absolute atomic E-state index is 12.9. The molecule has 140 valence electrons. The average molecular weight is 385 g/mol. The number of aromatic nitrogens is 1. The van der Waals surface area contributed by atoms with E-state index in [-0.39, 0.29) is 17.6 Å². The molecule has 2 amide bonds. The lowest BCUT2D eigenvalue weighted by atomic mass is 10.1. The second kappa shape index (κ2) is 8.73. The highest BCUT2D eigenvalue weighted by atomic mass is 32.1. The van der Waals surface area contributed by atoms with Crippen LogP contribution in [0.25, 0.3) is 10.2 Å². The summed E-state index contributed by atoms with van der Waals surface area (Å²) >= 11 is 1.42. The molecule has 5 nitrogen and oxygen atoms in total. The number of halogens is 1. The first-order valence-electron chi connectivity index (χ1n) is 8.74. The third-order valence-electron chi connectivity index (χ3n) is 4.06. The highest BCUT2D eigenvalue weighted by Crippen LogP contribution is 2.27. The highest BCUT2D eigenvalue weighted by molar-refractivity contribution is 7.22. The first-order chi connectivity index (χ1) is 13.0. The lowest BCUT2D eigenvalue weighted by Gasteiger charge is -2.06. The van der Waals surface area contributed by atoms with E-state index in [0.29, 0.717) is 30.9 Å². The molecular formula is C20H20FN3O2S. The van der Waals surface area contributed by atoms with Crippen LogP contribution in [0.4, 0.5) is 9.52 Å². The largest absolute Gasteiger partial charge is 0.352 e. The molecule has 3 aromatic rings. The van der Waals surface area contributed by atoms with Gasteiger partial charge in [-0.1, -0.05) is 36.5 Å². The zero-order valence-corrected chi connectivity index (χ0v) is 15.7. The molecule has 0 saturated heterocycles. The molecule has 0 unspecified atom stereocenters. The van der Waals surface area contributed by atoms with Crippen molar-refractivity contribution < 1.29 is 14.0 Å². The maximum Gasteiger partial charge on any atom is 0.225 e. The minimum Gasteiger partial charge on any atom is -0.352 e. The fourth-order valence-corrected chi connectivity index (χ4v) is 3.48. The van der Waals surface area contributed by atoms with Gasteiger partial charge in [0.25, 0.3) is 0 Å². The number of rotatable bonds is 7. The van der Waals surface area contributed by atoms with Crippen LogP contribution in [0.15, 0.2) is 42.5 Å². The third-order valence-corrected chi connectivity index (χ3v) is 5.00. The Balaban J connectivity index is 1.53. The van der Waals surface area contributed by atoms with Crippen LogP contribution in [-0.2, 0) is 22.6 Å². The molecule has 7 heteroatoms. The monoisotopic (exact) mass is 385 g/mol. The number of benzene rings is 2. The normalized spacial score (nSPS) is 10.7. The lowest BCUT2D eigenvalue weighted by Crippen LogP contribution is -2.22. The molecular weight excluding hydrogens is 365 g/mol. The van der Waals surface area contributed by atoms with E-state index in [4.69, 9.17) is 0 Å². The number of hydrogen-bond acceptors (Lipinski definition) is 4. The fourth-order valence-electron chi connectivity index (χ4n) is 2.53. The van der Waals surface area contributed by atoms with Gasteiger partial charge in [0, 0.05) is 19.4 Å². The smallest absolute Gasteiger partial charge is 0.225 e. The van der Waals surface area contributed by atoms with Crippen LogP contribution in [0.1, 0.15) is 30.9 Å². The molecule has 0 atom stereocenters. The molecule has 3 rings (SSSR count). The molecule has 0 aliphatic carbocycles. The first kappa shape index (κ1) is 19.0. The Hall–Kier alpha value is -2.80. The number of nitrogens with one attached hydrogen (secondary N) is 2. The van der Waals surface area contributed by atoms with E-state index in [1.54, 1.807) is 19.1 Å². The zero-order valence-electron chi connectivity index (χ0n) is 14.9. The summed E-state index contributed by atoms with van der Waals surface area (Å²) in [5.41, 5.74) is 2.73. The number of amides is 2. The Morgan fingerprint density at radius 1 is 1.07 bits per heavy atom. The Morgan fingerprint density at radius 2 is 1.81 bits per heavy atom. The van der Waals surface area contributed by atoms with E-state index >= 15 is 0 Å². The summed E-state index contributed by atoms with van der Waals surface area (Å²) < 4.78 is 13.9. The van der Waals surface area contributed by atoms with Crippen LogP contribution < -0.4 is 10.6 Å². The zero-order chi connectivity index (χ0) is 19.2. The van der Waals surface area contributed by atoms with E-state index in [0.717, 1.165) is 21.3 Å². The Labute approximate surface area is 160 Å². The predicted molar refractivity (Wildman–Crippen MR) is 105 cm³/mol. The molecule has 0 aliphatic rings. The number of aryl methyl sites for hydroxylation is 1. The topological polar surface area (TPSA) is 71.1 Å². The van der Waals surface area contributed by atoms with E-state index in [9.17, 15) is 14.0 Å². The predicted octanol–water partition coefficient (Wildman–Crippen LogP) is 4.03. The first-order valence-corrected chi connectivity index (χ1v) is 9.55. The van der Waals surface area contributed by atoms with Crippen molar-refractivity contribution in [2.75, 3.05) is 5.32 Å². The van der Waals surface area contributed by atoms with Gasteiger partial charge in [-0.15, -0.1) is 0 Å². The number of thiazole rings is 1. The third kappa shape index (κ3) is 5.34. The Kier molecular flexibility index (Phi) is 6.13. The summed E-state index contributed by atoms with van der Waals surface area (Å²) in [6.07, 6.45) is 1.39. The molecule has 27 heavy (non-hydrogen) atoms. The van der Waals surface area contributed by atoms with E-state index in [2.05, 4.69) is 15.6 Å². The van der Waals surface area contributed by atoms with E-state index < -0.39 is 0 Å². The molecule has 0 bridgehead atoms. The van der Waals surface area contributed by atoms with Gasteiger partial charge < -0.3 is 10.6 Å². The van der Waals surface area contributed by atoms with Crippen molar-refractivity contribution in [3.05, 3.63) is 59.4 Å². The second-order valence-corrected chi connectivity index (χ2v) is 7.16. The van der Waals surface area contributed by atoms with Crippen LogP contribution in [0.5, 0.6) is 0 Å². The minimum absolute atomic E-state index is 0.0559. The van der Waals surface area contributed by atoms with Gasteiger partial charge in [0.15, 0.2) is 5.13 Å². The summed E-state index contributed by atoms with van der Waals surface area (Å²) in [5, 5.41) is 6.20. The fraction of sp³-hybridized carbons (Fsp3) is 0.250. The van der Waals surface area contributed by atoms with Gasteiger partial charge in [0.05, 0.1) is 10.2 Å². The van der Waals surface area contributed by atoms with Crippen molar-refractivity contribution in [3.63, 3.8) is 0 Å². The van der Waals surface area contributed by atoms with Crippen LogP contribution >= 0.6 is 11.3 Å². The van der Waals surface area contributed by atoms with Crippen LogP contribution in [0.3, 0.4) is 0 Å². The van der Waals surface area contributed by atoms with Crippen molar-refractivity contribution in [2.45, 2.75) is 32.7 Å². The summed E-state index contributed by atoms with van der Waals surface area (Å²) in [4.78, 5) is 27.9. The number of carbonyl (C=O) groups excluding carboxylic acids is 2. The summed E-state index contributed by atoms with van der Waals surface area (Å²) in [6.45, 7) is 2.18. The molecule has 2 N–H and O–H groups in total. The molecule has 1 heterocycles. The molecule has 0 aliphatic heterocycles. The van der Waals surface area contributed by atoms with Gasteiger partial charge >= 0.3 is 0 Å². The maximum atomic E-state index is 12.9. The van der Waals surface area contributed by atoms with Gasteiger partial charge in [-0.25, -0.2) is 9.37 Å². The highest BCUT2D eigenvalue weighted by Gasteiger charge is 2.08. The standard InChI is InChI=1S/C20H20FN3O2S/c1-2-18(25)24-20-23-16-9-5-13(11-17(16)27-20)6-10-19(26)22-12-14-3-7-15(21)8-4-14/h3-5,7-9,11H,2,6,10,12H2,1H3,(H,22,26)(H,23,24,25). The molecule has 1 aromatic heterocycles. The number of carbonyl (C=O) groups is 2. The summed E-state index contributed by atoms with van der Waals surface area (Å²) in [7, 11) is 0. The number of fused-ring (bicyclic) bond motifs is 1. The van der Waals surface area contributed by atoms with Gasteiger partial charge in [-0.3, -0.25) is 9.59 Å². The minimum atomic E-state index is -0.291. The van der Waals surface area contributed by atoms with Crippen molar-refractivity contribution in [1.82, 2.24) is 10.3 Å². The summed E-state index contributed by atoms with van der Waals surface area (Å²) in [6, 6.07) is 11.9. The molecule has 0 radical (unpaired) electrons. The second-order valence-electron chi connectivity index (χ2n) is 6.13. The Bertz CT molecular complexity index is 954. The van der Waals surface area contributed by atoms with Crippen molar-refractivity contribution in [3.8, 4) is 0 Å². The number of hydrogen-bond donors (Lipinski definition) is 2. The Morgan fingerprint density at radius 3 is 2.56 bits per heavy atom. The lowest BCUT2D eigenvalue weighted by molar-refractivity contribution is -0.121. The quantitative estimate of drug-likeness (QED) is 0.645. The van der Waals surface area contributed by atoms with Crippen molar-refractivity contribution in [2.24, 2.45) is 0 Å². The van der Waals surface area contributed by atoms with Crippen LogP contribution in [0, 0.1) is 5.82 Å². The van der Waals surface area contributed by atoms with Crippen molar-refractivity contribution >= 4 is 38.5 Å². The molecule has 0 spiro atoms. The van der Waals surface area contributed by atoms with Gasteiger partial charge in [-0.2, -0.15) is 0 Å². The van der Waals surface area contributed by atoms with Crippen molar-refractivity contribution in [1.29, 1.82) is 0 Å². The van der Waals surface area contributed by atoms with Crippen LogP contribution in [0.2, 0.25) is 0 Å². The van der Waals surface area contributed by atoms with E-state index in [1.807, 2.05) is 18.2 Å². The summed E-state index contributed by atoms with van der Waals surface area (Å²) in [5.74, 6) is -0.410. The molecule has 0 saturated carbocycles. The van der Waals surface area contributed by atoms with Gasteiger partial charge in [0.2, 0.25) is 11.8 Å². The molecule has 0 fully saturated rings.